The summed E-state index contributed by atoms with van der Waals surface area (Å²) >= 11 is 1.51. The second-order valence-corrected chi connectivity index (χ2v) is 5.48. The molecule has 1 aliphatic rings. The van der Waals surface area contributed by atoms with Crippen molar-refractivity contribution in [2.45, 2.75) is 50.9 Å². The van der Waals surface area contributed by atoms with Gasteiger partial charge in [-0.3, -0.25) is 0 Å². The van der Waals surface area contributed by atoms with Gasteiger partial charge in [0.2, 0.25) is 0 Å². The van der Waals surface area contributed by atoms with Gasteiger partial charge in [-0.25, -0.2) is 13.8 Å². The number of rotatable bonds is 3. The molecule has 1 nitrogen and oxygen atoms in total. The molecule has 0 N–H and O–H groups in total. The van der Waals surface area contributed by atoms with E-state index in [9.17, 15) is 8.78 Å². The largest absolute Gasteiger partial charge is 0.260 e. The van der Waals surface area contributed by atoms with Crippen LogP contribution in [0.3, 0.4) is 0 Å². The van der Waals surface area contributed by atoms with Gasteiger partial charge in [0.15, 0.2) is 0 Å². The smallest absolute Gasteiger partial charge is 0.245 e. The SMILES string of the molecule is CCC(C)c1nc(C2(C)CC2(F)F)cs1. The van der Waals surface area contributed by atoms with Crippen molar-refractivity contribution in [1.29, 1.82) is 0 Å². The predicted molar refractivity (Wildman–Crippen MR) is 57.7 cm³/mol. The Balaban J connectivity index is 2.22. The summed E-state index contributed by atoms with van der Waals surface area (Å²) in [4.78, 5) is 4.35. The minimum atomic E-state index is -2.55. The first-order valence-electron chi connectivity index (χ1n) is 5.24. The van der Waals surface area contributed by atoms with Gasteiger partial charge in [-0.15, -0.1) is 11.3 Å². The molecule has 1 aromatic rings. The minimum Gasteiger partial charge on any atom is -0.245 e. The summed E-state index contributed by atoms with van der Waals surface area (Å²) < 4.78 is 26.2. The van der Waals surface area contributed by atoms with Crippen molar-refractivity contribution in [3.05, 3.63) is 16.1 Å². The fourth-order valence-electron chi connectivity index (χ4n) is 1.62. The first-order chi connectivity index (χ1) is 6.90. The molecule has 15 heavy (non-hydrogen) atoms. The number of thiazole rings is 1. The van der Waals surface area contributed by atoms with Crippen molar-refractivity contribution in [3.63, 3.8) is 0 Å². The molecule has 4 heteroatoms. The molecule has 0 bridgehead atoms. The highest BCUT2D eigenvalue weighted by Gasteiger charge is 2.69. The minimum absolute atomic E-state index is 0.0519. The molecule has 0 aliphatic heterocycles. The molecular formula is C11H15F2NS. The van der Waals surface area contributed by atoms with E-state index in [-0.39, 0.29) is 6.42 Å². The molecule has 0 spiro atoms. The first-order valence-corrected chi connectivity index (χ1v) is 6.12. The van der Waals surface area contributed by atoms with Gasteiger partial charge in [0, 0.05) is 17.7 Å². The third-order valence-electron chi connectivity index (χ3n) is 3.38. The molecule has 84 valence electrons. The van der Waals surface area contributed by atoms with Gasteiger partial charge in [-0.2, -0.15) is 0 Å². The molecular weight excluding hydrogens is 216 g/mol. The van der Waals surface area contributed by atoms with E-state index in [1.54, 1.807) is 12.3 Å². The molecule has 2 unspecified atom stereocenters. The summed E-state index contributed by atoms with van der Waals surface area (Å²) in [6.45, 7) is 5.76. The second kappa shape index (κ2) is 3.24. The Bertz CT molecular complexity index is 374. The maximum Gasteiger partial charge on any atom is 0.260 e. The van der Waals surface area contributed by atoms with Crippen molar-refractivity contribution in [3.8, 4) is 0 Å². The summed E-state index contributed by atoms with van der Waals surface area (Å²) in [5.74, 6) is -2.17. The predicted octanol–water partition coefficient (Wildman–Crippen LogP) is 3.95. The van der Waals surface area contributed by atoms with Gasteiger partial charge in [0.05, 0.1) is 16.1 Å². The van der Waals surface area contributed by atoms with Crippen molar-refractivity contribution in [2.75, 3.05) is 0 Å². The average molecular weight is 231 g/mol. The third kappa shape index (κ3) is 1.59. The van der Waals surface area contributed by atoms with Crippen LogP contribution in [0.4, 0.5) is 8.78 Å². The van der Waals surface area contributed by atoms with Gasteiger partial charge in [-0.05, 0) is 13.3 Å². The zero-order chi connectivity index (χ0) is 11.3. The highest BCUT2D eigenvalue weighted by atomic mass is 32.1. The van der Waals surface area contributed by atoms with E-state index in [0.717, 1.165) is 11.4 Å². The molecule has 1 heterocycles. The summed E-state index contributed by atoms with van der Waals surface area (Å²) in [7, 11) is 0. The van der Waals surface area contributed by atoms with E-state index in [1.807, 2.05) is 0 Å². The average Bonchev–Trinajstić information content (AvgIpc) is 2.57. The second-order valence-electron chi connectivity index (χ2n) is 4.59. The quantitative estimate of drug-likeness (QED) is 0.767. The van der Waals surface area contributed by atoms with E-state index in [0.29, 0.717) is 11.6 Å². The Labute approximate surface area is 92.5 Å². The van der Waals surface area contributed by atoms with Crippen LogP contribution in [0.25, 0.3) is 0 Å². The molecule has 2 atom stereocenters. The van der Waals surface area contributed by atoms with Gasteiger partial charge in [-0.1, -0.05) is 13.8 Å². The highest BCUT2D eigenvalue weighted by molar-refractivity contribution is 7.09. The van der Waals surface area contributed by atoms with E-state index in [4.69, 9.17) is 0 Å². The molecule has 1 aliphatic carbocycles. The Morgan fingerprint density at radius 2 is 2.20 bits per heavy atom. The lowest BCUT2D eigenvalue weighted by molar-refractivity contribution is 0.0911. The van der Waals surface area contributed by atoms with Gasteiger partial charge in [0.1, 0.15) is 0 Å². The number of nitrogens with zero attached hydrogens (tertiary/aromatic N) is 1. The van der Waals surface area contributed by atoms with E-state index >= 15 is 0 Å². The van der Waals surface area contributed by atoms with Crippen molar-refractivity contribution in [2.24, 2.45) is 0 Å². The lowest BCUT2D eigenvalue weighted by atomic mass is 10.1. The summed E-state index contributed by atoms with van der Waals surface area (Å²) in [6.07, 6.45) is 0.948. The Hall–Kier alpha value is -0.510. The number of aromatic nitrogens is 1. The normalized spacial score (nSPS) is 30.2. The maximum absolute atomic E-state index is 13.1. The molecule has 0 radical (unpaired) electrons. The number of alkyl halides is 2. The summed E-state index contributed by atoms with van der Waals surface area (Å²) in [6, 6.07) is 0. The lowest BCUT2D eigenvalue weighted by Crippen LogP contribution is -2.12. The van der Waals surface area contributed by atoms with E-state index in [2.05, 4.69) is 18.8 Å². The molecule has 0 saturated heterocycles. The van der Waals surface area contributed by atoms with Gasteiger partial charge in [0.25, 0.3) is 5.92 Å². The molecule has 1 saturated carbocycles. The van der Waals surface area contributed by atoms with Crippen LogP contribution in [-0.4, -0.2) is 10.9 Å². The monoisotopic (exact) mass is 231 g/mol. The molecule has 1 fully saturated rings. The van der Waals surface area contributed by atoms with Crippen molar-refractivity contribution >= 4 is 11.3 Å². The molecule has 0 aromatic carbocycles. The third-order valence-corrected chi connectivity index (χ3v) is 4.46. The topological polar surface area (TPSA) is 12.9 Å². The Kier molecular flexibility index (Phi) is 2.37. The summed E-state index contributed by atoms with van der Waals surface area (Å²) in [5, 5.41) is 2.78. The summed E-state index contributed by atoms with van der Waals surface area (Å²) in [5.41, 5.74) is -0.414. The standard InChI is InChI=1S/C11H15F2NS/c1-4-7(2)9-14-8(5-15-9)10(3)6-11(10,12)13/h5,7H,4,6H2,1-3H3. The van der Waals surface area contributed by atoms with E-state index in [1.165, 1.54) is 11.3 Å². The van der Waals surface area contributed by atoms with Crippen LogP contribution in [0.1, 0.15) is 50.2 Å². The lowest BCUT2D eigenvalue weighted by Gasteiger charge is -2.06. The Morgan fingerprint density at radius 3 is 2.67 bits per heavy atom. The molecule has 0 amide bonds. The fourth-order valence-corrected chi connectivity index (χ4v) is 2.72. The van der Waals surface area contributed by atoms with Crippen LogP contribution in [0.2, 0.25) is 0 Å². The first kappa shape index (κ1) is 11.0. The van der Waals surface area contributed by atoms with Crippen LogP contribution in [0.15, 0.2) is 5.38 Å². The van der Waals surface area contributed by atoms with Crippen molar-refractivity contribution < 1.29 is 8.78 Å². The van der Waals surface area contributed by atoms with Crippen LogP contribution < -0.4 is 0 Å². The van der Waals surface area contributed by atoms with Crippen LogP contribution in [-0.2, 0) is 5.41 Å². The number of hydrogen-bond donors (Lipinski definition) is 0. The molecule has 2 rings (SSSR count). The zero-order valence-electron chi connectivity index (χ0n) is 9.18. The number of hydrogen-bond acceptors (Lipinski definition) is 2. The Morgan fingerprint density at radius 1 is 1.60 bits per heavy atom. The van der Waals surface area contributed by atoms with Crippen LogP contribution in [0.5, 0.6) is 0 Å². The zero-order valence-corrected chi connectivity index (χ0v) is 10.00. The van der Waals surface area contributed by atoms with Gasteiger partial charge < -0.3 is 0 Å². The van der Waals surface area contributed by atoms with Gasteiger partial charge >= 0.3 is 0 Å². The van der Waals surface area contributed by atoms with Crippen LogP contribution in [0, 0.1) is 0 Å². The van der Waals surface area contributed by atoms with Crippen molar-refractivity contribution in [1.82, 2.24) is 4.98 Å². The molecule has 1 aromatic heterocycles. The fraction of sp³-hybridized carbons (Fsp3) is 0.727. The highest BCUT2D eigenvalue weighted by Crippen LogP contribution is 2.61. The number of halogens is 2. The van der Waals surface area contributed by atoms with E-state index < -0.39 is 11.3 Å². The maximum atomic E-state index is 13.1. The van der Waals surface area contributed by atoms with Crippen LogP contribution >= 0.6 is 11.3 Å².